The van der Waals surface area contributed by atoms with Crippen LogP contribution in [0.4, 0.5) is 0 Å². The molecular weight excluding hydrogens is 346 g/mol. The van der Waals surface area contributed by atoms with Crippen molar-refractivity contribution in [2.45, 2.75) is 12.1 Å². The highest BCUT2D eigenvalue weighted by molar-refractivity contribution is 6.30. The first-order valence-corrected chi connectivity index (χ1v) is 8.98. The number of hydrogen-bond donors (Lipinski definition) is 2. The van der Waals surface area contributed by atoms with E-state index in [1.807, 2.05) is 72.8 Å². The van der Waals surface area contributed by atoms with Crippen LogP contribution in [-0.4, -0.2) is 18.8 Å². The van der Waals surface area contributed by atoms with Gasteiger partial charge >= 0.3 is 0 Å². The van der Waals surface area contributed by atoms with E-state index in [4.69, 9.17) is 16.3 Å². The van der Waals surface area contributed by atoms with E-state index in [9.17, 15) is 5.11 Å². The fourth-order valence-electron chi connectivity index (χ4n) is 3.09. The zero-order chi connectivity index (χ0) is 18.4. The molecule has 0 aliphatic carbocycles. The molecule has 1 atom stereocenters. The van der Waals surface area contributed by atoms with Crippen LogP contribution in [0.2, 0.25) is 5.02 Å². The number of benzene rings is 3. The van der Waals surface area contributed by atoms with Gasteiger partial charge < -0.3 is 15.2 Å². The Labute approximate surface area is 159 Å². The molecule has 4 heteroatoms. The number of ether oxygens (including phenoxy) is 1. The molecule has 0 aliphatic heterocycles. The molecule has 0 bridgehead atoms. The molecule has 3 N–H and O–H groups in total. The minimum Gasteiger partial charge on any atom is -0.497 e. The van der Waals surface area contributed by atoms with Crippen molar-refractivity contribution < 1.29 is 15.2 Å². The minimum atomic E-state index is -1.09. The number of nitrogens with two attached hydrogens (primary N) is 1. The Kier molecular flexibility index (Phi) is 5.94. The first kappa shape index (κ1) is 18.5. The summed E-state index contributed by atoms with van der Waals surface area (Å²) < 4.78 is 5.28. The van der Waals surface area contributed by atoms with Crippen LogP contribution in [-0.2, 0) is 12.1 Å². The fourth-order valence-corrected chi connectivity index (χ4v) is 3.21. The summed E-state index contributed by atoms with van der Waals surface area (Å²) in [6.07, 6.45) is 0. The Bertz CT molecular complexity index is 836. The average Bonchev–Trinajstić information content (AvgIpc) is 2.69. The predicted octanol–water partition coefficient (Wildman–Crippen LogP) is 3.35. The molecule has 0 saturated carbocycles. The molecular formula is C22H23ClNO2+. The van der Waals surface area contributed by atoms with E-state index in [1.54, 1.807) is 7.11 Å². The number of aliphatic hydroxyl groups is 1. The average molecular weight is 369 g/mol. The second kappa shape index (κ2) is 8.37. The normalized spacial score (nSPS) is 13.2. The Morgan fingerprint density at radius 1 is 0.923 bits per heavy atom. The van der Waals surface area contributed by atoms with E-state index in [0.29, 0.717) is 11.6 Å². The molecule has 0 heterocycles. The van der Waals surface area contributed by atoms with Crippen molar-refractivity contribution in [3.05, 3.63) is 101 Å². The number of quaternary nitrogens is 1. The van der Waals surface area contributed by atoms with Gasteiger partial charge in [-0.1, -0.05) is 66.2 Å². The second-order valence-corrected chi connectivity index (χ2v) is 6.72. The molecule has 0 radical (unpaired) electrons. The maximum absolute atomic E-state index is 11.5. The molecule has 0 saturated heterocycles. The molecule has 0 aliphatic rings. The first-order valence-electron chi connectivity index (χ1n) is 8.60. The van der Waals surface area contributed by atoms with Crippen molar-refractivity contribution in [1.29, 1.82) is 0 Å². The number of hydrogen-bond acceptors (Lipinski definition) is 2. The van der Waals surface area contributed by atoms with Gasteiger partial charge in [-0.2, -0.15) is 0 Å². The van der Waals surface area contributed by atoms with E-state index in [0.717, 1.165) is 29.0 Å². The molecule has 26 heavy (non-hydrogen) atoms. The summed E-state index contributed by atoms with van der Waals surface area (Å²) in [4.78, 5) is 0. The van der Waals surface area contributed by atoms with Crippen LogP contribution in [0.25, 0.3) is 0 Å². The molecule has 3 aromatic rings. The van der Waals surface area contributed by atoms with Crippen LogP contribution in [0, 0.1) is 0 Å². The minimum absolute atomic E-state index is 0.496. The van der Waals surface area contributed by atoms with Crippen molar-refractivity contribution in [1.82, 2.24) is 0 Å². The second-order valence-electron chi connectivity index (χ2n) is 6.28. The third kappa shape index (κ3) is 4.25. The molecule has 134 valence electrons. The summed E-state index contributed by atoms with van der Waals surface area (Å²) in [5, 5.41) is 14.3. The summed E-state index contributed by atoms with van der Waals surface area (Å²) in [7, 11) is 1.66. The van der Waals surface area contributed by atoms with E-state index >= 15 is 0 Å². The van der Waals surface area contributed by atoms with Gasteiger partial charge in [0.25, 0.3) is 0 Å². The standard InChI is InChI=1S/C22H22ClNO2/c1-26-21-9-5-6-17(14-21)15-24-16-22(25,18-7-3-2-4-8-18)19-10-12-20(23)13-11-19/h2-14,24-25H,15-16H2,1H3/p+1. The highest BCUT2D eigenvalue weighted by atomic mass is 35.5. The van der Waals surface area contributed by atoms with Gasteiger partial charge in [0.2, 0.25) is 0 Å². The van der Waals surface area contributed by atoms with Crippen LogP contribution in [0.3, 0.4) is 0 Å². The van der Waals surface area contributed by atoms with Crippen LogP contribution in [0.15, 0.2) is 78.9 Å². The Morgan fingerprint density at radius 3 is 2.31 bits per heavy atom. The van der Waals surface area contributed by atoms with Gasteiger partial charge in [0.15, 0.2) is 5.60 Å². The Morgan fingerprint density at radius 2 is 1.62 bits per heavy atom. The molecule has 1 unspecified atom stereocenters. The van der Waals surface area contributed by atoms with E-state index in [2.05, 4.69) is 11.4 Å². The largest absolute Gasteiger partial charge is 0.497 e. The van der Waals surface area contributed by atoms with Crippen molar-refractivity contribution in [2.24, 2.45) is 0 Å². The molecule has 0 amide bonds. The van der Waals surface area contributed by atoms with Gasteiger partial charge in [0, 0.05) is 10.6 Å². The molecule has 3 rings (SSSR count). The molecule has 0 aromatic heterocycles. The summed E-state index contributed by atoms with van der Waals surface area (Å²) in [5.74, 6) is 0.840. The molecule has 0 spiro atoms. The van der Waals surface area contributed by atoms with Crippen molar-refractivity contribution >= 4 is 11.6 Å². The summed E-state index contributed by atoms with van der Waals surface area (Å²) in [6, 6.07) is 25.1. The Balaban J connectivity index is 1.81. The fraction of sp³-hybridized carbons (Fsp3) is 0.182. The molecule has 0 fully saturated rings. The number of rotatable bonds is 7. The summed E-state index contributed by atoms with van der Waals surface area (Å²) in [5.41, 5.74) is 1.75. The smallest absolute Gasteiger partial charge is 0.163 e. The van der Waals surface area contributed by atoms with Crippen LogP contribution in [0.1, 0.15) is 16.7 Å². The predicted molar refractivity (Wildman–Crippen MR) is 104 cm³/mol. The lowest BCUT2D eigenvalue weighted by Crippen LogP contribution is -2.86. The first-order chi connectivity index (χ1) is 12.6. The lowest BCUT2D eigenvalue weighted by molar-refractivity contribution is -0.682. The lowest BCUT2D eigenvalue weighted by Gasteiger charge is -2.28. The monoisotopic (exact) mass is 368 g/mol. The van der Waals surface area contributed by atoms with Crippen LogP contribution in [0.5, 0.6) is 5.75 Å². The molecule has 3 nitrogen and oxygen atoms in total. The van der Waals surface area contributed by atoms with Gasteiger partial charge in [-0.05, 0) is 35.4 Å². The van der Waals surface area contributed by atoms with Crippen molar-refractivity contribution in [2.75, 3.05) is 13.7 Å². The van der Waals surface area contributed by atoms with E-state index in [1.165, 1.54) is 0 Å². The third-order valence-corrected chi connectivity index (χ3v) is 4.78. The topological polar surface area (TPSA) is 46.1 Å². The van der Waals surface area contributed by atoms with Gasteiger partial charge in [0.05, 0.1) is 7.11 Å². The van der Waals surface area contributed by atoms with Gasteiger partial charge in [-0.15, -0.1) is 0 Å². The zero-order valence-electron chi connectivity index (χ0n) is 14.7. The highest BCUT2D eigenvalue weighted by Gasteiger charge is 2.33. The SMILES string of the molecule is COc1cccc(C[NH2+]CC(O)(c2ccccc2)c2ccc(Cl)cc2)c1. The van der Waals surface area contributed by atoms with Crippen molar-refractivity contribution in [3.63, 3.8) is 0 Å². The number of halogens is 1. The van der Waals surface area contributed by atoms with Gasteiger partial charge in [-0.3, -0.25) is 0 Å². The quantitative estimate of drug-likeness (QED) is 0.671. The Hall–Kier alpha value is -2.33. The maximum Gasteiger partial charge on any atom is 0.163 e. The van der Waals surface area contributed by atoms with E-state index < -0.39 is 5.60 Å². The highest BCUT2D eigenvalue weighted by Crippen LogP contribution is 2.29. The van der Waals surface area contributed by atoms with Crippen LogP contribution >= 0.6 is 11.6 Å². The summed E-state index contributed by atoms with van der Waals surface area (Å²) in [6.45, 7) is 1.25. The van der Waals surface area contributed by atoms with Gasteiger partial charge in [-0.25, -0.2) is 0 Å². The maximum atomic E-state index is 11.5. The third-order valence-electron chi connectivity index (χ3n) is 4.53. The molecule has 3 aromatic carbocycles. The number of methoxy groups -OCH3 is 1. The van der Waals surface area contributed by atoms with Gasteiger partial charge in [0.1, 0.15) is 18.8 Å². The van der Waals surface area contributed by atoms with Crippen molar-refractivity contribution in [3.8, 4) is 5.75 Å². The van der Waals surface area contributed by atoms with E-state index in [-0.39, 0.29) is 0 Å². The lowest BCUT2D eigenvalue weighted by atomic mass is 9.86. The zero-order valence-corrected chi connectivity index (χ0v) is 15.5. The summed E-state index contributed by atoms with van der Waals surface area (Å²) >= 11 is 6.02. The van der Waals surface area contributed by atoms with Crippen LogP contribution < -0.4 is 10.1 Å².